The van der Waals surface area contributed by atoms with Crippen LogP contribution in [0.5, 0.6) is 5.75 Å². The number of para-hydroxylation sites is 1. The SMILES string of the molecule is CC[C@H](C)[C@H](N)C(=O)N(C)CCOc1ccccc1C. The Kier molecular flexibility index (Phi) is 6.52. The number of hydrogen-bond acceptors (Lipinski definition) is 3. The molecule has 0 aliphatic carbocycles. The number of amides is 1. The Bertz CT molecular complexity index is 434. The van der Waals surface area contributed by atoms with E-state index in [1.807, 2.05) is 45.0 Å². The predicted molar refractivity (Wildman–Crippen MR) is 81.7 cm³/mol. The molecule has 0 aliphatic rings. The van der Waals surface area contributed by atoms with E-state index in [1.54, 1.807) is 11.9 Å². The van der Waals surface area contributed by atoms with E-state index in [-0.39, 0.29) is 11.8 Å². The molecule has 0 unspecified atom stereocenters. The summed E-state index contributed by atoms with van der Waals surface area (Å²) in [6, 6.07) is 7.42. The molecule has 0 saturated carbocycles. The fourth-order valence-electron chi connectivity index (χ4n) is 1.87. The van der Waals surface area contributed by atoms with E-state index in [0.29, 0.717) is 13.2 Å². The van der Waals surface area contributed by atoms with Gasteiger partial charge in [-0.05, 0) is 24.5 Å². The van der Waals surface area contributed by atoms with Crippen LogP contribution in [0.25, 0.3) is 0 Å². The van der Waals surface area contributed by atoms with E-state index < -0.39 is 6.04 Å². The highest BCUT2D eigenvalue weighted by Gasteiger charge is 2.22. The number of carbonyl (C=O) groups is 1. The van der Waals surface area contributed by atoms with Crippen LogP contribution in [0, 0.1) is 12.8 Å². The van der Waals surface area contributed by atoms with E-state index in [2.05, 4.69) is 0 Å². The van der Waals surface area contributed by atoms with Gasteiger partial charge in [-0.3, -0.25) is 4.79 Å². The van der Waals surface area contributed by atoms with Crippen LogP contribution < -0.4 is 10.5 Å². The minimum absolute atomic E-state index is 0.0206. The maximum Gasteiger partial charge on any atom is 0.239 e. The summed E-state index contributed by atoms with van der Waals surface area (Å²) in [7, 11) is 1.77. The molecule has 4 heteroatoms. The van der Waals surface area contributed by atoms with Gasteiger partial charge >= 0.3 is 0 Å². The summed E-state index contributed by atoms with van der Waals surface area (Å²) in [5.41, 5.74) is 7.04. The first kappa shape index (κ1) is 16.5. The van der Waals surface area contributed by atoms with Gasteiger partial charge in [-0.25, -0.2) is 0 Å². The van der Waals surface area contributed by atoms with E-state index >= 15 is 0 Å². The number of nitrogens with two attached hydrogens (primary N) is 1. The lowest BCUT2D eigenvalue weighted by Crippen LogP contribution is -2.46. The molecule has 0 bridgehead atoms. The van der Waals surface area contributed by atoms with Crippen molar-refractivity contribution in [3.8, 4) is 5.75 Å². The third kappa shape index (κ3) is 4.53. The topological polar surface area (TPSA) is 55.6 Å². The fourth-order valence-corrected chi connectivity index (χ4v) is 1.87. The molecule has 1 rings (SSSR count). The third-order valence-corrected chi connectivity index (χ3v) is 3.70. The highest BCUT2D eigenvalue weighted by atomic mass is 16.5. The lowest BCUT2D eigenvalue weighted by molar-refractivity contribution is -0.132. The van der Waals surface area contributed by atoms with Gasteiger partial charge in [0.05, 0.1) is 12.6 Å². The number of ether oxygens (including phenoxy) is 1. The van der Waals surface area contributed by atoms with Crippen LogP contribution in [-0.2, 0) is 4.79 Å². The Morgan fingerprint density at radius 2 is 2.05 bits per heavy atom. The quantitative estimate of drug-likeness (QED) is 0.832. The van der Waals surface area contributed by atoms with Gasteiger partial charge in [0.2, 0.25) is 5.91 Å². The fraction of sp³-hybridized carbons (Fsp3) is 0.562. The highest BCUT2D eigenvalue weighted by Crippen LogP contribution is 2.16. The molecule has 112 valence electrons. The maximum atomic E-state index is 12.1. The molecule has 0 aliphatic heterocycles. The molecule has 0 fully saturated rings. The number of rotatable bonds is 7. The van der Waals surface area contributed by atoms with Crippen LogP contribution in [0.15, 0.2) is 24.3 Å². The normalized spacial score (nSPS) is 13.7. The number of aryl methyl sites for hydroxylation is 1. The molecule has 0 spiro atoms. The van der Waals surface area contributed by atoms with Crippen molar-refractivity contribution in [1.29, 1.82) is 0 Å². The third-order valence-electron chi connectivity index (χ3n) is 3.70. The van der Waals surface area contributed by atoms with Gasteiger partial charge in [-0.2, -0.15) is 0 Å². The molecular formula is C16H26N2O2. The van der Waals surface area contributed by atoms with Crippen molar-refractivity contribution in [1.82, 2.24) is 4.90 Å². The summed E-state index contributed by atoms with van der Waals surface area (Å²) < 4.78 is 5.69. The average molecular weight is 278 g/mol. The first-order chi connectivity index (χ1) is 9.47. The second-order valence-electron chi connectivity index (χ2n) is 5.29. The van der Waals surface area contributed by atoms with Crippen LogP contribution in [0.1, 0.15) is 25.8 Å². The zero-order valence-corrected chi connectivity index (χ0v) is 12.9. The lowest BCUT2D eigenvalue weighted by atomic mass is 9.99. The molecule has 0 radical (unpaired) electrons. The number of benzene rings is 1. The van der Waals surface area contributed by atoms with E-state index in [1.165, 1.54) is 0 Å². The Balaban J connectivity index is 2.42. The van der Waals surface area contributed by atoms with E-state index in [0.717, 1.165) is 17.7 Å². The van der Waals surface area contributed by atoms with Gasteiger partial charge in [0.1, 0.15) is 12.4 Å². The Labute approximate surface area is 121 Å². The van der Waals surface area contributed by atoms with Crippen molar-refractivity contribution < 1.29 is 9.53 Å². The Morgan fingerprint density at radius 1 is 1.40 bits per heavy atom. The Morgan fingerprint density at radius 3 is 2.65 bits per heavy atom. The van der Waals surface area contributed by atoms with E-state index in [9.17, 15) is 4.79 Å². The maximum absolute atomic E-state index is 12.1. The smallest absolute Gasteiger partial charge is 0.239 e. The van der Waals surface area contributed by atoms with Gasteiger partial charge in [-0.15, -0.1) is 0 Å². The summed E-state index contributed by atoms with van der Waals surface area (Å²) >= 11 is 0. The van der Waals surface area contributed by atoms with Gasteiger partial charge < -0.3 is 15.4 Å². The second kappa shape index (κ2) is 7.90. The van der Waals surface area contributed by atoms with Gasteiger partial charge in [0.15, 0.2) is 0 Å². The summed E-state index contributed by atoms with van der Waals surface area (Å²) in [5, 5.41) is 0. The van der Waals surface area contributed by atoms with Crippen LogP contribution in [0.4, 0.5) is 0 Å². The molecular weight excluding hydrogens is 252 g/mol. The summed E-state index contributed by atoms with van der Waals surface area (Å²) in [4.78, 5) is 13.7. The van der Waals surface area contributed by atoms with Crippen LogP contribution in [0.2, 0.25) is 0 Å². The molecule has 20 heavy (non-hydrogen) atoms. The zero-order valence-electron chi connectivity index (χ0n) is 12.9. The molecule has 0 saturated heterocycles. The van der Waals surface area contributed by atoms with Crippen LogP contribution in [0.3, 0.4) is 0 Å². The standard InChI is InChI=1S/C16H26N2O2/c1-5-12(2)15(17)16(19)18(4)10-11-20-14-9-7-6-8-13(14)3/h6-9,12,15H,5,10-11,17H2,1-4H3/t12-,15-/m0/s1. The van der Waals surface area contributed by atoms with Gasteiger partial charge in [0, 0.05) is 7.05 Å². The zero-order chi connectivity index (χ0) is 15.1. The van der Waals surface area contributed by atoms with Crippen molar-refractivity contribution in [2.24, 2.45) is 11.7 Å². The van der Waals surface area contributed by atoms with Crippen LogP contribution >= 0.6 is 0 Å². The first-order valence-electron chi connectivity index (χ1n) is 7.16. The number of nitrogens with zero attached hydrogens (tertiary/aromatic N) is 1. The number of carbonyl (C=O) groups excluding carboxylic acids is 1. The van der Waals surface area contributed by atoms with Gasteiger partial charge in [-0.1, -0.05) is 38.5 Å². The lowest BCUT2D eigenvalue weighted by Gasteiger charge is -2.24. The molecule has 1 aromatic carbocycles. The Hall–Kier alpha value is -1.55. The molecule has 2 atom stereocenters. The van der Waals surface area contributed by atoms with Crippen molar-refractivity contribution in [2.75, 3.05) is 20.2 Å². The summed E-state index contributed by atoms with van der Waals surface area (Å²) in [6.07, 6.45) is 0.903. The number of likely N-dealkylation sites (N-methyl/N-ethyl adjacent to an activating group) is 1. The van der Waals surface area contributed by atoms with Crippen molar-refractivity contribution >= 4 is 5.91 Å². The molecule has 2 N–H and O–H groups in total. The summed E-state index contributed by atoms with van der Waals surface area (Å²) in [5.74, 6) is 1.04. The van der Waals surface area contributed by atoms with Crippen LogP contribution in [-0.4, -0.2) is 37.0 Å². The summed E-state index contributed by atoms with van der Waals surface area (Å²) in [6.45, 7) is 7.06. The first-order valence-corrected chi connectivity index (χ1v) is 7.16. The molecule has 0 heterocycles. The predicted octanol–water partition coefficient (Wildman–Crippen LogP) is 2.21. The molecule has 1 aromatic rings. The largest absolute Gasteiger partial charge is 0.491 e. The van der Waals surface area contributed by atoms with Crippen molar-refractivity contribution in [3.63, 3.8) is 0 Å². The minimum Gasteiger partial charge on any atom is -0.491 e. The van der Waals surface area contributed by atoms with E-state index in [4.69, 9.17) is 10.5 Å². The number of hydrogen-bond donors (Lipinski definition) is 1. The van der Waals surface area contributed by atoms with Crippen molar-refractivity contribution in [2.45, 2.75) is 33.2 Å². The molecule has 4 nitrogen and oxygen atoms in total. The molecule has 1 amide bonds. The average Bonchev–Trinajstić information content (AvgIpc) is 2.46. The molecule has 0 aromatic heterocycles. The van der Waals surface area contributed by atoms with Gasteiger partial charge in [0.25, 0.3) is 0 Å². The second-order valence-corrected chi connectivity index (χ2v) is 5.29. The van der Waals surface area contributed by atoms with Crippen molar-refractivity contribution in [3.05, 3.63) is 29.8 Å². The monoisotopic (exact) mass is 278 g/mol. The highest BCUT2D eigenvalue weighted by molar-refractivity contribution is 5.81. The minimum atomic E-state index is -0.427.